The van der Waals surface area contributed by atoms with Crippen LogP contribution < -0.4 is 3.58 Å². The van der Waals surface area contributed by atoms with E-state index in [1.807, 2.05) is 10.7 Å². The van der Waals surface area contributed by atoms with Crippen LogP contribution in [0.4, 0.5) is 0 Å². The molecule has 0 fully saturated rings. The van der Waals surface area contributed by atoms with Crippen LogP contribution in [-0.4, -0.2) is 30.8 Å². The summed E-state index contributed by atoms with van der Waals surface area (Å²) in [5, 5.41) is 4.19. The van der Waals surface area contributed by atoms with Crippen LogP contribution in [0.25, 0.3) is 5.52 Å². The molecule has 0 saturated carbocycles. The Morgan fingerprint density at radius 3 is 2.79 bits per heavy atom. The fourth-order valence-electron chi connectivity index (χ4n) is 1.43. The molecule has 2 heterocycles. The van der Waals surface area contributed by atoms with Crippen molar-refractivity contribution in [3.63, 3.8) is 0 Å². The summed E-state index contributed by atoms with van der Waals surface area (Å²) in [5.41, 5.74) is 1.22. The molecule has 2 radical (unpaired) electrons. The first-order chi connectivity index (χ1) is 6.54. The SMILES string of the molecule is C[C](C)(C)[Sn][c]1ccn2nccc2c1. The van der Waals surface area contributed by atoms with Gasteiger partial charge < -0.3 is 0 Å². The number of hydrogen-bond acceptors (Lipinski definition) is 1. The zero-order chi connectivity index (χ0) is 10.2. The van der Waals surface area contributed by atoms with Crippen molar-refractivity contribution in [1.29, 1.82) is 0 Å². The summed E-state index contributed by atoms with van der Waals surface area (Å²) in [4.78, 5) is 0. The second-order valence-electron chi connectivity index (χ2n) is 4.49. The van der Waals surface area contributed by atoms with Gasteiger partial charge in [0.2, 0.25) is 0 Å². The molecule has 2 nitrogen and oxygen atoms in total. The van der Waals surface area contributed by atoms with Crippen LogP contribution in [0.2, 0.25) is 3.43 Å². The van der Waals surface area contributed by atoms with Gasteiger partial charge in [0.1, 0.15) is 0 Å². The summed E-state index contributed by atoms with van der Waals surface area (Å²) in [7, 11) is 0. The van der Waals surface area contributed by atoms with Gasteiger partial charge >= 0.3 is 94.6 Å². The summed E-state index contributed by atoms with van der Waals surface area (Å²) < 4.78 is 3.99. The Hall–Kier alpha value is -0.511. The number of pyridine rings is 1. The van der Waals surface area contributed by atoms with Crippen molar-refractivity contribution in [2.45, 2.75) is 24.2 Å². The summed E-state index contributed by atoms with van der Waals surface area (Å²) in [6.07, 6.45) is 3.92. The number of fused-ring (bicyclic) bond motifs is 1. The molecule has 0 spiro atoms. The van der Waals surface area contributed by atoms with E-state index >= 15 is 0 Å². The first-order valence-corrected chi connectivity index (χ1v) is 7.62. The van der Waals surface area contributed by atoms with Crippen molar-refractivity contribution < 1.29 is 0 Å². The molecule has 0 aliphatic carbocycles. The molecule has 72 valence electrons. The van der Waals surface area contributed by atoms with E-state index in [-0.39, 0.29) is 0 Å². The van der Waals surface area contributed by atoms with Gasteiger partial charge in [-0.2, -0.15) is 0 Å². The van der Waals surface area contributed by atoms with E-state index in [2.05, 4.69) is 50.3 Å². The van der Waals surface area contributed by atoms with Crippen molar-refractivity contribution in [2.24, 2.45) is 0 Å². The van der Waals surface area contributed by atoms with Gasteiger partial charge in [0, 0.05) is 0 Å². The maximum atomic E-state index is 4.19. The van der Waals surface area contributed by atoms with E-state index in [9.17, 15) is 0 Å². The van der Waals surface area contributed by atoms with Crippen LogP contribution in [0.5, 0.6) is 0 Å². The summed E-state index contributed by atoms with van der Waals surface area (Å²) in [6.45, 7) is 7.00. The molecular weight excluding hydrogens is 279 g/mol. The molecule has 0 bridgehead atoms. The Morgan fingerprint density at radius 2 is 2.07 bits per heavy atom. The molecule has 3 heteroatoms. The van der Waals surface area contributed by atoms with Crippen LogP contribution in [0.1, 0.15) is 20.8 Å². The van der Waals surface area contributed by atoms with Crippen LogP contribution in [0.15, 0.2) is 30.6 Å². The van der Waals surface area contributed by atoms with E-state index in [1.54, 1.807) is 3.58 Å². The molecular formula is C11H14N2Sn. The summed E-state index contributed by atoms with van der Waals surface area (Å²) in [6, 6.07) is 6.56. The van der Waals surface area contributed by atoms with Gasteiger partial charge in [-0.25, -0.2) is 0 Å². The minimum atomic E-state index is -0.469. The normalized spacial score (nSPS) is 12.2. The minimum absolute atomic E-state index is 0.469. The van der Waals surface area contributed by atoms with Crippen molar-refractivity contribution >= 4 is 30.2 Å². The van der Waals surface area contributed by atoms with E-state index in [0.29, 0.717) is 3.43 Å². The molecule has 0 aliphatic rings. The monoisotopic (exact) mass is 294 g/mol. The van der Waals surface area contributed by atoms with Gasteiger partial charge in [-0.05, 0) is 0 Å². The maximum absolute atomic E-state index is 4.19. The van der Waals surface area contributed by atoms with Gasteiger partial charge in [-0.1, -0.05) is 0 Å². The molecule has 0 amide bonds. The van der Waals surface area contributed by atoms with Gasteiger partial charge in [-0.15, -0.1) is 0 Å². The average molecular weight is 293 g/mol. The van der Waals surface area contributed by atoms with Gasteiger partial charge in [0.05, 0.1) is 0 Å². The predicted molar refractivity (Wildman–Crippen MR) is 60.3 cm³/mol. The molecule has 0 atom stereocenters. The molecule has 2 aromatic heterocycles. The Morgan fingerprint density at radius 1 is 1.29 bits per heavy atom. The van der Waals surface area contributed by atoms with E-state index in [0.717, 1.165) is 0 Å². The zero-order valence-electron chi connectivity index (χ0n) is 8.78. The third-order valence-corrected chi connectivity index (χ3v) is 5.77. The van der Waals surface area contributed by atoms with Gasteiger partial charge in [0.25, 0.3) is 0 Å². The third-order valence-electron chi connectivity index (χ3n) is 1.92. The fourth-order valence-corrected chi connectivity index (χ4v) is 4.98. The van der Waals surface area contributed by atoms with E-state index in [1.165, 1.54) is 5.52 Å². The molecule has 2 aromatic rings. The second kappa shape index (κ2) is 3.57. The topological polar surface area (TPSA) is 17.3 Å². The number of aromatic nitrogens is 2. The van der Waals surface area contributed by atoms with E-state index in [4.69, 9.17) is 0 Å². The van der Waals surface area contributed by atoms with E-state index < -0.39 is 21.1 Å². The molecule has 14 heavy (non-hydrogen) atoms. The van der Waals surface area contributed by atoms with Crippen LogP contribution in [0.3, 0.4) is 0 Å². The Bertz CT molecular complexity index is 440. The molecule has 0 unspecified atom stereocenters. The van der Waals surface area contributed by atoms with Crippen LogP contribution in [0, 0.1) is 0 Å². The summed E-state index contributed by atoms with van der Waals surface area (Å²) in [5.74, 6) is 0. The van der Waals surface area contributed by atoms with Crippen molar-refractivity contribution in [3.05, 3.63) is 30.6 Å². The predicted octanol–water partition coefficient (Wildman–Crippen LogP) is 1.88. The first-order valence-electron chi connectivity index (χ1n) is 4.76. The van der Waals surface area contributed by atoms with Crippen molar-refractivity contribution in [3.8, 4) is 0 Å². The van der Waals surface area contributed by atoms with Gasteiger partial charge in [-0.3, -0.25) is 0 Å². The first kappa shape index (κ1) is 10.0. The number of nitrogens with zero attached hydrogens (tertiary/aromatic N) is 2. The van der Waals surface area contributed by atoms with Crippen LogP contribution in [-0.2, 0) is 0 Å². The van der Waals surface area contributed by atoms with Gasteiger partial charge in [0.15, 0.2) is 0 Å². The molecule has 0 saturated heterocycles. The Balaban J connectivity index is 2.35. The fraction of sp³-hybridized carbons (Fsp3) is 0.364. The quantitative estimate of drug-likeness (QED) is 0.734. The standard InChI is InChI=1S/C7H5N2.C4H9.Sn/c1-2-6-9-7(3-1)4-5-8-9;1-4(2)3;/h2-6H;1-3H3;. The van der Waals surface area contributed by atoms with Crippen molar-refractivity contribution in [2.75, 3.05) is 0 Å². The Labute approximate surface area is 94.5 Å². The van der Waals surface area contributed by atoms with Crippen LogP contribution >= 0.6 is 0 Å². The zero-order valence-corrected chi connectivity index (χ0v) is 11.6. The summed E-state index contributed by atoms with van der Waals surface area (Å²) >= 11 is -0.469. The van der Waals surface area contributed by atoms with Crippen molar-refractivity contribution in [1.82, 2.24) is 9.61 Å². The molecule has 2 rings (SSSR count). The molecule has 0 aliphatic heterocycles. The Kier molecular flexibility index (Phi) is 2.56. The second-order valence-corrected chi connectivity index (χ2v) is 11.1. The third kappa shape index (κ3) is 2.29. The molecule has 0 aromatic carbocycles. The average Bonchev–Trinajstić information content (AvgIpc) is 2.47. The molecule has 0 N–H and O–H groups in total. The number of hydrogen-bond donors (Lipinski definition) is 0. The number of rotatable bonds is 1.